The van der Waals surface area contributed by atoms with Gasteiger partial charge in [-0.05, 0) is 50.3 Å². The molecule has 1 aliphatic rings. The molecule has 0 amide bonds. The molecule has 0 radical (unpaired) electrons. The summed E-state index contributed by atoms with van der Waals surface area (Å²) in [6.07, 6.45) is 5.28. The van der Waals surface area contributed by atoms with Gasteiger partial charge in [0.2, 0.25) is 0 Å². The summed E-state index contributed by atoms with van der Waals surface area (Å²) in [7, 11) is 1.84. The minimum atomic E-state index is -0.126. The summed E-state index contributed by atoms with van der Waals surface area (Å²) in [6.45, 7) is 8.45. The quantitative estimate of drug-likeness (QED) is 0.436. The maximum absolute atomic E-state index is 12.5. The van der Waals surface area contributed by atoms with Crippen molar-refractivity contribution >= 4 is 11.7 Å². The fourth-order valence-electron chi connectivity index (χ4n) is 4.75. The fraction of sp³-hybridized carbons (Fsp3) is 0.500. The third-order valence-corrected chi connectivity index (χ3v) is 6.53. The number of ether oxygens (including phenoxy) is 1. The van der Waals surface area contributed by atoms with Gasteiger partial charge in [-0.1, -0.05) is 24.6 Å². The predicted octanol–water partition coefficient (Wildman–Crippen LogP) is 3.13. The number of pyridine rings is 2. The zero-order valence-corrected chi connectivity index (χ0v) is 21.0. The normalized spacial score (nSPS) is 15.5. The fourth-order valence-corrected chi connectivity index (χ4v) is 4.75. The Morgan fingerprint density at radius 2 is 2.03 bits per heavy atom. The van der Waals surface area contributed by atoms with E-state index in [1.165, 1.54) is 0 Å². The van der Waals surface area contributed by atoms with E-state index in [2.05, 4.69) is 28.2 Å². The first-order chi connectivity index (χ1) is 16.9. The molecule has 186 valence electrons. The lowest BCUT2D eigenvalue weighted by Crippen LogP contribution is -2.22. The minimum Gasteiger partial charge on any atom is -0.466 e. The zero-order chi connectivity index (χ0) is 24.9. The number of anilines is 1. The summed E-state index contributed by atoms with van der Waals surface area (Å²) in [5, 5.41) is 8.59. The average molecular weight is 479 g/mol. The number of aryl methyl sites for hydroxylation is 3. The minimum absolute atomic E-state index is 0.0529. The second-order valence-electron chi connectivity index (χ2n) is 9.17. The molecule has 35 heavy (non-hydrogen) atoms. The van der Waals surface area contributed by atoms with E-state index in [1.54, 1.807) is 15.3 Å². The van der Waals surface area contributed by atoms with Gasteiger partial charge in [0.25, 0.3) is 5.56 Å². The smallest absolute Gasteiger partial charge is 0.306 e. The first-order valence-corrected chi connectivity index (χ1v) is 12.4. The molecular weight excluding hydrogens is 444 g/mol. The van der Waals surface area contributed by atoms with Crippen LogP contribution >= 0.6 is 0 Å². The maximum Gasteiger partial charge on any atom is 0.306 e. The summed E-state index contributed by atoms with van der Waals surface area (Å²) in [4.78, 5) is 31.5. The molecule has 1 fully saturated rings. The number of hydrogen-bond acceptors (Lipinski definition) is 7. The van der Waals surface area contributed by atoms with Crippen molar-refractivity contribution in [3.8, 4) is 11.4 Å². The van der Waals surface area contributed by atoms with Crippen molar-refractivity contribution in [2.24, 2.45) is 13.0 Å². The van der Waals surface area contributed by atoms with Crippen molar-refractivity contribution in [2.45, 2.75) is 53.0 Å². The van der Waals surface area contributed by atoms with Gasteiger partial charge < -0.3 is 14.2 Å². The molecule has 0 aromatic carbocycles. The van der Waals surface area contributed by atoms with Crippen molar-refractivity contribution in [1.82, 2.24) is 24.5 Å². The molecule has 0 N–H and O–H groups in total. The monoisotopic (exact) mass is 478 g/mol. The SMILES string of the molecule is CCCc1ccc(=O)n(Cc2c(-c3ccc(N4CCC(CC(=O)OCC)C4)c(C)n3)nnn2C)c1. The van der Waals surface area contributed by atoms with E-state index in [9.17, 15) is 9.59 Å². The highest BCUT2D eigenvalue weighted by Gasteiger charge is 2.27. The van der Waals surface area contributed by atoms with E-state index in [0.717, 1.165) is 60.7 Å². The van der Waals surface area contributed by atoms with Crippen LogP contribution in [0, 0.1) is 12.8 Å². The van der Waals surface area contributed by atoms with E-state index in [1.807, 2.05) is 39.2 Å². The molecule has 9 heteroatoms. The van der Waals surface area contributed by atoms with Crippen LogP contribution in [0.15, 0.2) is 35.3 Å². The molecule has 0 saturated carbocycles. The number of rotatable bonds is 9. The third kappa shape index (κ3) is 5.61. The van der Waals surface area contributed by atoms with Crippen LogP contribution in [0.4, 0.5) is 5.69 Å². The van der Waals surface area contributed by atoms with Crippen LogP contribution in [0.25, 0.3) is 11.4 Å². The van der Waals surface area contributed by atoms with Gasteiger partial charge in [0, 0.05) is 32.4 Å². The molecule has 4 heterocycles. The van der Waals surface area contributed by atoms with Gasteiger partial charge in [-0.15, -0.1) is 5.10 Å². The number of hydrogen-bond donors (Lipinski definition) is 0. The van der Waals surface area contributed by atoms with Crippen LogP contribution in [-0.2, 0) is 29.5 Å². The molecule has 0 spiro atoms. The van der Waals surface area contributed by atoms with Gasteiger partial charge in [-0.3, -0.25) is 9.59 Å². The summed E-state index contributed by atoms with van der Waals surface area (Å²) in [5.74, 6) is 0.167. The molecule has 3 aromatic heterocycles. The Bertz CT molecular complexity index is 1250. The molecule has 0 aliphatic carbocycles. The van der Waals surface area contributed by atoms with Crippen LogP contribution < -0.4 is 10.5 Å². The van der Waals surface area contributed by atoms with Crippen molar-refractivity contribution in [3.63, 3.8) is 0 Å². The predicted molar refractivity (Wildman–Crippen MR) is 134 cm³/mol. The van der Waals surface area contributed by atoms with Gasteiger partial charge in [-0.25, -0.2) is 9.67 Å². The van der Waals surface area contributed by atoms with Gasteiger partial charge in [0.1, 0.15) is 5.69 Å². The maximum atomic E-state index is 12.5. The summed E-state index contributed by atoms with van der Waals surface area (Å²) >= 11 is 0. The Hall–Kier alpha value is -3.49. The lowest BCUT2D eigenvalue weighted by atomic mass is 10.1. The van der Waals surface area contributed by atoms with Crippen molar-refractivity contribution < 1.29 is 9.53 Å². The molecule has 3 aromatic rings. The zero-order valence-electron chi connectivity index (χ0n) is 21.0. The van der Waals surface area contributed by atoms with Crippen molar-refractivity contribution in [2.75, 3.05) is 24.6 Å². The number of carbonyl (C=O) groups is 1. The first-order valence-electron chi connectivity index (χ1n) is 12.4. The second-order valence-corrected chi connectivity index (χ2v) is 9.17. The molecule has 1 aliphatic heterocycles. The second kappa shape index (κ2) is 10.8. The van der Waals surface area contributed by atoms with Crippen LogP contribution in [0.2, 0.25) is 0 Å². The van der Waals surface area contributed by atoms with E-state index < -0.39 is 0 Å². The molecule has 1 atom stereocenters. The topological polar surface area (TPSA) is 95.1 Å². The van der Waals surface area contributed by atoms with Gasteiger partial charge >= 0.3 is 5.97 Å². The van der Waals surface area contributed by atoms with E-state index in [4.69, 9.17) is 9.72 Å². The van der Waals surface area contributed by atoms with Gasteiger partial charge in [0.05, 0.1) is 42.3 Å². The average Bonchev–Trinajstić information content (AvgIpc) is 3.43. The largest absolute Gasteiger partial charge is 0.466 e. The number of esters is 1. The Morgan fingerprint density at radius 3 is 2.77 bits per heavy atom. The molecule has 1 unspecified atom stereocenters. The lowest BCUT2D eigenvalue weighted by molar-refractivity contribution is -0.144. The highest BCUT2D eigenvalue weighted by atomic mass is 16.5. The third-order valence-electron chi connectivity index (χ3n) is 6.53. The van der Waals surface area contributed by atoms with E-state index in [0.29, 0.717) is 31.2 Å². The molecule has 9 nitrogen and oxygen atoms in total. The first kappa shape index (κ1) is 24.6. The highest BCUT2D eigenvalue weighted by molar-refractivity contribution is 5.70. The number of carbonyl (C=O) groups excluding carboxylic acids is 1. The summed E-state index contributed by atoms with van der Waals surface area (Å²) in [6, 6.07) is 7.54. The van der Waals surface area contributed by atoms with Crippen LogP contribution in [0.3, 0.4) is 0 Å². The molecule has 0 bridgehead atoms. The molecule has 1 saturated heterocycles. The Balaban J connectivity index is 1.54. The molecular formula is C26H34N6O3. The lowest BCUT2D eigenvalue weighted by Gasteiger charge is -2.21. The molecule has 4 rings (SSSR count). The van der Waals surface area contributed by atoms with Crippen molar-refractivity contribution in [3.05, 3.63) is 57.8 Å². The van der Waals surface area contributed by atoms with Crippen LogP contribution in [0.5, 0.6) is 0 Å². The summed E-state index contributed by atoms with van der Waals surface area (Å²) in [5.41, 5.74) is 5.28. The highest BCUT2D eigenvalue weighted by Crippen LogP contribution is 2.30. The van der Waals surface area contributed by atoms with Gasteiger partial charge in [0.15, 0.2) is 0 Å². The van der Waals surface area contributed by atoms with Crippen LogP contribution in [-0.4, -0.2) is 50.2 Å². The summed E-state index contributed by atoms with van der Waals surface area (Å²) < 4.78 is 8.53. The Labute approximate surface area is 205 Å². The van der Waals surface area contributed by atoms with Gasteiger partial charge in [-0.2, -0.15) is 0 Å². The van der Waals surface area contributed by atoms with Crippen LogP contribution in [0.1, 0.15) is 50.1 Å². The Kier molecular flexibility index (Phi) is 7.63. The van der Waals surface area contributed by atoms with E-state index >= 15 is 0 Å². The Morgan fingerprint density at radius 1 is 1.20 bits per heavy atom. The number of aromatic nitrogens is 5. The van der Waals surface area contributed by atoms with Crippen molar-refractivity contribution in [1.29, 1.82) is 0 Å². The van der Waals surface area contributed by atoms with E-state index in [-0.39, 0.29) is 11.5 Å². The standard InChI is InChI=1S/C26H34N6O3/c1-5-7-19-8-11-24(33)32(15-19)17-23-26(28-29-30(23)4)21-9-10-22(18(3)27-21)31-13-12-20(16-31)14-25(34)35-6-2/h8-11,15,20H,5-7,12-14,16-17H2,1-4H3. The number of nitrogens with zero attached hydrogens (tertiary/aromatic N) is 6.